The van der Waals surface area contributed by atoms with E-state index < -0.39 is 0 Å². The van der Waals surface area contributed by atoms with Crippen molar-refractivity contribution in [3.63, 3.8) is 0 Å². The molecule has 0 aliphatic heterocycles. The predicted octanol–water partition coefficient (Wildman–Crippen LogP) is 4.00. The lowest BCUT2D eigenvalue weighted by molar-refractivity contribution is 0.947. The van der Waals surface area contributed by atoms with Crippen molar-refractivity contribution in [3.05, 3.63) is 46.3 Å². The smallest absolute Gasteiger partial charge is 0.130 e. The zero-order valence-electron chi connectivity index (χ0n) is 9.45. The Morgan fingerprint density at radius 3 is 2.88 bits per heavy atom. The summed E-state index contributed by atoms with van der Waals surface area (Å²) in [6.45, 7) is 2.07. The van der Waals surface area contributed by atoms with Crippen molar-refractivity contribution < 1.29 is 0 Å². The average Bonchev–Trinajstić information content (AvgIpc) is 2.33. The number of hydrogen-bond donors (Lipinski definition) is 0. The van der Waals surface area contributed by atoms with E-state index in [-0.39, 0.29) is 0 Å². The Kier molecular flexibility index (Phi) is 4.13. The van der Waals surface area contributed by atoms with E-state index in [0.717, 1.165) is 21.6 Å². The van der Waals surface area contributed by atoms with Gasteiger partial charge in [0.1, 0.15) is 5.82 Å². The van der Waals surface area contributed by atoms with Crippen LogP contribution in [0.5, 0.6) is 0 Å². The monoisotopic (exact) mass is 310 g/mol. The van der Waals surface area contributed by atoms with Gasteiger partial charge in [0.2, 0.25) is 0 Å². The molecule has 2 rings (SSSR count). The SMILES string of the molecule is Cc1ccc(Br)cc1-c1ccnc(CCCl)n1. The van der Waals surface area contributed by atoms with Gasteiger partial charge in [-0.1, -0.05) is 22.0 Å². The normalized spacial score (nSPS) is 10.5. The second-order valence-electron chi connectivity index (χ2n) is 3.76. The lowest BCUT2D eigenvalue weighted by Gasteiger charge is -2.07. The van der Waals surface area contributed by atoms with Gasteiger partial charge in [0.05, 0.1) is 5.69 Å². The highest BCUT2D eigenvalue weighted by Crippen LogP contribution is 2.25. The molecule has 0 fully saturated rings. The number of benzene rings is 1. The molecule has 0 bridgehead atoms. The van der Waals surface area contributed by atoms with Crippen LogP contribution in [-0.4, -0.2) is 15.8 Å². The number of nitrogens with zero attached hydrogens (tertiary/aromatic N) is 2. The summed E-state index contributed by atoms with van der Waals surface area (Å²) < 4.78 is 1.05. The van der Waals surface area contributed by atoms with Gasteiger partial charge in [-0.05, 0) is 30.7 Å². The van der Waals surface area contributed by atoms with Gasteiger partial charge < -0.3 is 0 Å². The van der Waals surface area contributed by atoms with E-state index in [1.807, 2.05) is 12.1 Å². The number of aromatic nitrogens is 2. The van der Waals surface area contributed by atoms with E-state index in [2.05, 4.69) is 45.0 Å². The maximum Gasteiger partial charge on any atom is 0.130 e. The summed E-state index contributed by atoms with van der Waals surface area (Å²) in [5.41, 5.74) is 3.26. The fourth-order valence-corrected chi connectivity index (χ4v) is 2.15. The van der Waals surface area contributed by atoms with Crippen molar-refractivity contribution in [1.29, 1.82) is 0 Å². The molecule has 1 heterocycles. The molecule has 17 heavy (non-hydrogen) atoms. The molecule has 0 aliphatic rings. The van der Waals surface area contributed by atoms with Crippen LogP contribution in [0, 0.1) is 6.92 Å². The Morgan fingerprint density at radius 2 is 2.12 bits per heavy atom. The number of rotatable bonds is 3. The van der Waals surface area contributed by atoms with Crippen LogP contribution in [0.25, 0.3) is 11.3 Å². The highest BCUT2D eigenvalue weighted by molar-refractivity contribution is 9.10. The minimum absolute atomic E-state index is 0.543. The molecule has 0 atom stereocenters. The van der Waals surface area contributed by atoms with Crippen LogP contribution in [0.15, 0.2) is 34.9 Å². The van der Waals surface area contributed by atoms with Gasteiger partial charge in [-0.2, -0.15) is 0 Å². The van der Waals surface area contributed by atoms with Crippen LogP contribution in [0.4, 0.5) is 0 Å². The van der Waals surface area contributed by atoms with E-state index in [1.165, 1.54) is 5.56 Å². The standard InChI is InChI=1S/C13H12BrClN2/c1-9-2-3-10(14)8-11(9)12-5-7-16-13(17-12)4-6-15/h2-3,5,7-8H,4,6H2,1H3. The minimum Gasteiger partial charge on any atom is -0.241 e. The third-order valence-electron chi connectivity index (χ3n) is 2.50. The van der Waals surface area contributed by atoms with Gasteiger partial charge in [0.25, 0.3) is 0 Å². The fraction of sp³-hybridized carbons (Fsp3) is 0.231. The molecule has 0 aliphatic carbocycles. The Morgan fingerprint density at radius 1 is 1.29 bits per heavy atom. The van der Waals surface area contributed by atoms with Gasteiger partial charge in [-0.15, -0.1) is 11.6 Å². The quantitative estimate of drug-likeness (QED) is 0.801. The molecule has 2 nitrogen and oxygen atoms in total. The Hall–Kier alpha value is -0.930. The van der Waals surface area contributed by atoms with Crippen LogP contribution in [0.3, 0.4) is 0 Å². The molecule has 0 unspecified atom stereocenters. The first-order chi connectivity index (χ1) is 8.20. The highest BCUT2D eigenvalue weighted by atomic mass is 79.9. The second-order valence-corrected chi connectivity index (χ2v) is 5.05. The van der Waals surface area contributed by atoms with Crippen LogP contribution < -0.4 is 0 Å². The molecule has 0 saturated heterocycles. The Labute approximate surface area is 114 Å². The van der Waals surface area contributed by atoms with E-state index in [9.17, 15) is 0 Å². The minimum atomic E-state index is 0.543. The maximum absolute atomic E-state index is 5.70. The number of halogens is 2. The molecule has 0 radical (unpaired) electrons. The van der Waals surface area contributed by atoms with Crippen molar-refractivity contribution in [3.8, 4) is 11.3 Å². The van der Waals surface area contributed by atoms with Crippen molar-refractivity contribution in [2.75, 3.05) is 5.88 Å². The van der Waals surface area contributed by atoms with Crippen molar-refractivity contribution >= 4 is 27.5 Å². The first-order valence-corrected chi connectivity index (χ1v) is 6.68. The fourth-order valence-electron chi connectivity index (χ4n) is 1.62. The summed E-state index contributed by atoms with van der Waals surface area (Å²) >= 11 is 9.18. The molecular weight excluding hydrogens is 300 g/mol. The molecule has 0 amide bonds. The van der Waals surface area contributed by atoms with Crippen LogP contribution >= 0.6 is 27.5 Å². The summed E-state index contributed by atoms with van der Waals surface area (Å²) in [4.78, 5) is 8.72. The number of hydrogen-bond acceptors (Lipinski definition) is 2. The second kappa shape index (κ2) is 5.61. The first kappa shape index (κ1) is 12.5. The molecule has 88 valence electrons. The summed E-state index contributed by atoms with van der Waals surface area (Å²) in [6.07, 6.45) is 2.48. The van der Waals surface area contributed by atoms with Crippen molar-refractivity contribution in [2.24, 2.45) is 0 Å². The topological polar surface area (TPSA) is 25.8 Å². The molecule has 1 aromatic carbocycles. The van der Waals surface area contributed by atoms with Gasteiger partial charge in [0, 0.05) is 28.5 Å². The summed E-state index contributed by atoms with van der Waals surface area (Å²) in [5.74, 6) is 1.33. The molecule has 0 saturated carbocycles. The lowest BCUT2D eigenvalue weighted by Crippen LogP contribution is -1.97. The van der Waals surface area contributed by atoms with Crippen LogP contribution in [-0.2, 0) is 6.42 Å². The zero-order valence-corrected chi connectivity index (χ0v) is 11.8. The molecule has 0 spiro atoms. The largest absolute Gasteiger partial charge is 0.241 e. The van der Waals surface area contributed by atoms with Crippen LogP contribution in [0.1, 0.15) is 11.4 Å². The van der Waals surface area contributed by atoms with Gasteiger partial charge in [0.15, 0.2) is 0 Å². The summed E-state index contributed by atoms with van der Waals surface area (Å²) in [7, 11) is 0. The van der Waals surface area contributed by atoms with Gasteiger partial charge >= 0.3 is 0 Å². The maximum atomic E-state index is 5.70. The van der Waals surface area contributed by atoms with E-state index in [1.54, 1.807) is 6.20 Å². The van der Waals surface area contributed by atoms with Crippen molar-refractivity contribution in [2.45, 2.75) is 13.3 Å². The molecule has 0 N–H and O–H groups in total. The average molecular weight is 312 g/mol. The summed E-state index contributed by atoms with van der Waals surface area (Å²) in [6, 6.07) is 8.09. The predicted molar refractivity (Wildman–Crippen MR) is 74.3 cm³/mol. The van der Waals surface area contributed by atoms with Gasteiger partial charge in [-0.25, -0.2) is 9.97 Å². The highest BCUT2D eigenvalue weighted by Gasteiger charge is 2.05. The van der Waals surface area contributed by atoms with E-state index in [4.69, 9.17) is 11.6 Å². The Bertz CT molecular complexity index is 529. The zero-order chi connectivity index (χ0) is 12.3. The third kappa shape index (κ3) is 3.05. The third-order valence-corrected chi connectivity index (χ3v) is 3.18. The molecular formula is C13H12BrClN2. The number of aryl methyl sites for hydroxylation is 2. The van der Waals surface area contributed by atoms with Crippen molar-refractivity contribution in [1.82, 2.24) is 9.97 Å². The Balaban J connectivity index is 2.45. The number of alkyl halides is 1. The molecule has 2 aromatic rings. The van der Waals surface area contributed by atoms with E-state index in [0.29, 0.717) is 12.3 Å². The van der Waals surface area contributed by atoms with Gasteiger partial charge in [-0.3, -0.25) is 0 Å². The molecule has 4 heteroatoms. The lowest BCUT2D eigenvalue weighted by atomic mass is 10.1. The van der Waals surface area contributed by atoms with Crippen LogP contribution in [0.2, 0.25) is 0 Å². The summed E-state index contributed by atoms with van der Waals surface area (Å²) in [5, 5.41) is 0. The van der Waals surface area contributed by atoms with E-state index >= 15 is 0 Å². The first-order valence-electron chi connectivity index (χ1n) is 5.35. The molecule has 1 aromatic heterocycles.